The third kappa shape index (κ3) is 3.43. The second-order valence-electron chi connectivity index (χ2n) is 5.68. The maximum absolute atomic E-state index is 3.60. The summed E-state index contributed by atoms with van der Waals surface area (Å²) in [5, 5.41) is 3.60. The van der Waals surface area contributed by atoms with Crippen LogP contribution in [0.15, 0.2) is 34.8 Å². The molecule has 0 spiro atoms. The molecule has 0 aliphatic heterocycles. The van der Waals surface area contributed by atoms with E-state index in [-0.39, 0.29) is 0 Å². The minimum atomic E-state index is 0.294. The van der Waals surface area contributed by atoms with Crippen molar-refractivity contribution < 1.29 is 0 Å². The van der Waals surface area contributed by atoms with Gasteiger partial charge in [-0.3, -0.25) is 0 Å². The number of anilines is 1. The lowest BCUT2D eigenvalue weighted by Crippen LogP contribution is -2.09. The molecule has 0 saturated carbocycles. The van der Waals surface area contributed by atoms with Crippen LogP contribution >= 0.6 is 15.9 Å². The van der Waals surface area contributed by atoms with Gasteiger partial charge in [0.15, 0.2) is 0 Å². The van der Waals surface area contributed by atoms with Gasteiger partial charge in [0.2, 0.25) is 0 Å². The Labute approximate surface area is 130 Å². The predicted molar refractivity (Wildman–Crippen MR) is 91.6 cm³/mol. The maximum atomic E-state index is 3.60. The first kappa shape index (κ1) is 15.1. The molecule has 0 aromatic heterocycles. The van der Waals surface area contributed by atoms with E-state index in [2.05, 4.69) is 86.2 Å². The summed E-state index contributed by atoms with van der Waals surface area (Å²) >= 11 is 3.55. The smallest absolute Gasteiger partial charge is 0.0488 e. The molecular formula is C18H22BrN. The Morgan fingerprint density at radius 2 is 1.50 bits per heavy atom. The Morgan fingerprint density at radius 1 is 0.850 bits per heavy atom. The molecular weight excluding hydrogens is 310 g/mol. The SMILES string of the molecule is Cc1cc(Br)cc(NC(C)c2cc(C)c(C)cc2C)c1. The number of aryl methyl sites for hydroxylation is 4. The highest BCUT2D eigenvalue weighted by atomic mass is 79.9. The van der Waals surface area contributed by atoms with Crippen molar-refractivity contribution in [3.63, 3.8) is 0 Å². The van der Waals surface area contributed by atoms with Gasteiger partial charge in [0.25, 0.3) is 0 Å². The van der Waals surface area contributed by atoms with E-state index in [0.717, 1.165) is 10.2 Å². The molecule has 2 aromatic carbocycles. The molecule has 1 unspecified atom stereocenters. The van der Waals surface area contributed by atoms with Crippen molar-refractivity contribution in [3.8, 4) is 0 Å². The van der Waals surface area contributed by atoms with Gasteiger partial charge >= 0.3 is 0 Å². The highest BCUT2D eigenvalue weighted by Gasteiger charge is 2.10. The van der Waals surface area contributed by atoms with E-state index in [4.69, 9.17) is 0 Å². The van der Waals surface area contributed by atoms with Crippen LogP contribution < -0.4 is 5.32 Å². The number of rotatable bonds is 3. The largest absolute Gasteiger partial charge is 0.378 e. The Bertz CT molecular complexity index is 611. The van der Waals surface area contributed by atoms with E-state index in [1.807, 2.05) is 0 Å². The van der Waals surface area contributed by atoms with Gasteiger partial charge in [-0.25, -0.2) is 0 Å². The topological polar surface area (TPSA) is 12.0 Å². The minimum absolute atomic E-state index is 0.294. The number of halogens is 1. The Morgan fingerprint density at radius 3 is 2.15 bits per heavy atom. The fourth-order valence-corrected chi connectivity index (χ4v) is 3.20. The average Bonchev–Trinajstić information content (AvgIpc) is 2.32. The summed E-state index contributed by atoms with van der Waals surface area (Å²) in [5.41, 5.74) is 7.83. The molecule has 0 aliphatic carbocycles. The molecule has 1 nitrogen and oxygen atoms in total. The van der Waals surface area contributed by atoms with E-state index in [9.17, 15) is 0 Å². The summed E-state index contributed by atoms with van der Waals surface area (Å²) < 4.78 is 1.11. The normalized spacial score (nSPS) is 12.3. The molecule has 2 aromatic rings. The van der Waals surface area contributed by atoms with Gasteiger partial charge in [-0.1, -0.05) is 28.1 Å². The molecule has 0 heterocycles. The van der Waals surface area contributed by atoms with E-state index in [1.54, 1.807) is 0 Å². The number of hydrogen-bond donors (Lipinski definition) is 1. The van der Waals surface area contributed by atoms with Crippen LogP contribution in [-0.2, 0) is 0 Å². The van der Waals surface area contributed by atoms with Crippen molar-refractivity contribution in [2.75, 3.05) is 5.32 Å². The van der Waals surface area contributed by atoms with Crippen molar-refractivity contribution in [3.05, 3.63) is 62.6 Å². The zero-order valence-corrected chi connectivity index (χ0v) is 14.4. The summed E-state index contributed by atoms with van der Waals surface area (Å²) in [7, 11) is 0. The molecule has 1 atom stereocenters. The standard InChI is InChI=1S/C18H22BrN/c1-11-6-16(19)10-17(7-11)20-15(5)18-9-13(3)12(2)8-14(18)4/h6-10,15,20H,1-5H3. The number of benzene rings is 2. The molecule has 2 heteroatoms. The third-order valence-electron chi connectivity index (χ3n) is 3.77. The summed E-state index contributed by atoms with van der Waals surface area (Å²) in [6.45, 7) is 10.9. The minimum Gasteiger partial charge on any atom is -0.378 e. The van der Waals surface area contributed by atoms with Gasteiger partial charge in [0.05, 0.1) is 0 Å². The van der Waals surface area contributed by atoms with Gasteiger partial charge in [-0.05, 0) is 80.6 Å². The second kappa shape index (κ2) is 6.01. The van der Waals surface area contributed by atoms with Gasteiger partial charge in [-0.2, -0.15) is 0 Å². The summed E-state index contributed by atoms with van der Waals surface area (Å²) in [4.78, 5) is 0. The lowest BCUT2D eigenvalue weighted by molar-refractivity contribution is 0.870. The second-order valence-corrected chi connectivity index (χ2v) is 6.59. The van der Waals surface area contributed by atoms with Crippen LogP contribution in [0.5, 0.6) is 0 Å². The monoisotopic (exact) mass is 331 g/mol. The molecule has 20 heavy (non-hydrogen) atoms. The Balaban J connectivity index is 2.28. The lowest BCUT2D eigenvalue weighted by Gasteiger charge is -2.20. The molecule has 2 rings (SSSR count). The van der Waals surface area contributed by atoms with Crippen LogP contribution in [0, 0.1) is 27.7 Å². The first-order chi connectivity index (χ1) is 9.36. The zero-order valence-electron chi connectivity index (χ0n) is 12.8. The molecule has 0 bridgehead atoms. The van der Waals surface area contributed by atoms with Crippen LogP contribution in [-0.4, -0.2) is 0 Å². The molecule has 0 aliphatic rings. The fourth-order valence-electron chi connectivity index (χ4n) is 2.60. The van der Waals surface area contributed by atoms with E-state index in [1.165, 1.54) is 27.8 Å². The quantitative estimate of drug-likeness (QED) is 0.743. The average molecular weight is 332 g/mol. The predicted octanol–water partition coefficient (Wildman–Crippen LogP) is 5.86. The van der Waals surface area contributed by atoms with Gasteiger partial charge in [-0.15, -0.1) is 0 Å². The van der Waals surface area contributed by atoms with E-state index < -0.39 is 0 Å². The third-order valence-corrected chi connectivity index (χ3v) is 4.23. The van der Waals surface area contributed by atoms with Crippen LogP contribution in [0.25, 0.3) is 0 Å². The lowest BCUT2D eigenvalue weighted by atomic mass is 9.96. The molecule has 0 radical (unpaired) electrons. The van der Waals surface area contributed by atoms with Gasteiger partial charge in [0, 0.05) is 16.2 Å². The Hall–Kier alpha value is -1.28. The van der Waals surface area contributed by atoms with E-state index >= 15 is 0 Å². The number of hydrogen-bond acceptors (Lipinski definition) is 1. The van der Waals surface area contributed by atoms with Crippen molar-refractivity contribution in [1.82, 2.24) is 0 Å². The molecule has 106 valence electrons. The summed E-state index contributed by atoms with van der Waals surface area (Å²) in [6, 6.07) is 11.3. The molecule has 1 N–H and O–H groups in total. The zero-order chi connectivity index (χ0) is 14.9. The van der Waals surface area contributed by atoms with Crippen molar-refractivity contribution in [1.29, 1.82) is 0 Å². The first-order valence-electron chi connectivity index (χ1n) is 6.98. The summed E-state index contributed by atoms with van der Waals surface area (Å²) in [5.74, 6) is 0. The van der Waals surface area contributed by atoms with E-state index in [0.29, 0.717) is 6.04 Å². The van der Waals surface area contributed by atoms with Gasteiger partial charge < -0.3 is 5.32 Å². The van der Waals surface area contributed by atoms with Crippen molar-refractivity contribution >= 4 is 21.6 Å². The molecule has 0 amide bonds. The summed E-state index contributed by atoms with van der Waals surface area (Å²) in [6.07, 6.45) is 0. The van der Waals surface area contributed by atoms with Crippen LogP contribution in [0.2, 0.25) is 0 Å². The van der Waals surface area contributed by atoms with Crippen LogP contribution in [0.1, 0.15) is 40.8 Å². The van der Waals surface area contributed by atoms with Crippen LogP contribution in [0.3, 0.4) is 0 Å². The number of nitrogens with one attached hydrogen (secondary N) is 1. The van der Waals surface area contributed by atoms with Crippen molar-refractivity contribution in [2.24, 2.45) is 0 Å². The van der Waals surface area contributed by atoms with Crippen molar-refractivity contribution in [2.45, 2.75) is 40.7 Å². The highest BCUT2D eigenvalue weighted by molar-refractivity contribution is 9.10. The highest BCUT2D eigenvalue weighted by Crippen LogP contribution is 2.27. The first-order valence-corrected chi connectivity index (χ1v) is 7.77. The van der Waals surface area contributed by atoms with Gasteiger partial charge in [0.1, 0.15) is 0 Å². The molecule has 0 saturated heterocycles. The van der Waals surface area contributed by atoms with Crippen LogP contribution in [0.4, 0.5) is 5.69 Å². The Kier molecular flexibility index (Phi) is 4.54. The fraction of sp³-hybridized carbons (Fsp3) is 0.333. The maximum Gasteiger partial charge on any atom is 0.0488 e. The molecule has 0 fully saturated rings.